The third-order valence-corrected chi connectivity index (χ3v) is 3.58. The molecule has 0 aliphatic heterocycles. The normalized spacial score (nSPS) is 10.6. The van der Waals surface area contributed by atoms with Gasteiger partial charge in [0.15, 0.2) is 5.82 Å². The molecule has 0 amide bonds. The van der Waals surface area contributed by atoms with Gasteiger partial charge in [0.1, 0.15) is 5.69 Å². The zero-order chi connectivity index (χ0) is 14.8. The first-order chi connectivity index (χ1) is 10.2. The largest absolute Gasteiger partial charge is 0.302 e. The maximum absolute atomic E-state index is 4.42. The third-order valence-electron chi connectivity index (χ3n) is 3.58. The van der Waals surface area contributed by atoms with E-state index in [1.165, 1.54) is 0 Å². The molecule has 0 aliphatic rings. The van der Waals surface area contributed by atoms with Gasteiger partial charge in [-0.2, -0.15) is 0 Å². The van der Waals surface area contributed by atoms with Crippen molar-refractivity contribution >= 4 is 6.08 Å². The summed E-state index contributed by atoms with van der Waals surface area (Å²) in [4.78, 5) is 0. The van der Waals surface area contributed by atoms with E-state index in [1.54, 1.807) is 0 Å². The summed E-state index contributed by atoms with van der Waals surface area (Å²) in [6.45, 7) is 8.03. The van der Waals surface area contributed by atoms with Crippen LogP contribution >= 0.6 is 0 Å². The predicted octanol–water partition coefficient (Wildman–Crippen LogP) is 4.19. The molecular weight excluding hydrogens is 258 g/mol. The van der Waals surface area contributed by atoms with E-state index in [2.05, 4.69) is 47.3 Å². The van der Waals surface area contributed by atoms with Crippen LogP contribution in [0.5, 0.6) is 0 Å². The summed E-state index contributed by atoms with van der Waals surface area (Å²) in [5.74, 6) is 0.824. The molecule has 0 saturated heterocycles. The summed E-state index contributed by atoms with van der Waals surface area (Å²) < 4.78 is 2.09. The number of aromatic nitrogens is 3. The van der Waals surface area contributed by atoms with Crippen molar-refractivity contribution in [2.45, 2.75) is 13.8 Å². The van der Waals surface area contributed by atoms with Gasteiger partial charge in [0.25, 0.3) is 0 Å². The van der Waals surface area contributed by atoms with Crippen molar-refractivity contribution in [2.24, 2.45) is 0 Å². The van der Waals surface area contributed by atoms with Crippen LogP contribution in [0, 0.1) is 13.8 Å². The van der Waals surface area contributed by atoms with E-state index >= 15 is 0 Å². The van der Waals surface area contributed by atoms with E-state index < -0.39 is 0 Å². The summed E-state index contributed by atoms with van der Waals surface area (Å²) in [6, 6.07) is 16.2. The smallest absolute Gasteiger partial charge is 0.160 e. The molecule has 3 nitrogen and oxygen atoms in total. The van der Waals surface area contributed by atoms with Crippen molar-refractivity contribution < 1.29 is 0 Å². The Morgan fingerprint density at radius 1 is 0.952 bits per heavy atom. The zero-order valence-electron chi connectivity index (χ0n) is 12.2. The highest BCUT2D eigenvalue weighted by Gasteiger charge is 2.10. The molecule has 2 heterocycles. The second-order valence-electron chi connectivity index (χ2n) is 5.03. The average molecular weight is 275 g/mol. The van der Waals surface area contributed by atoms with E-state index in [4.69, 9.17) is 0 Å². The van der Waals surface area contributed by atoms with Crippen LogP contribution in [0.3, 0.4) is 0 Å². The first-order valence-electron chi connectivity index (χ1n) is 6.91. The summed E-state index contributed by atoms with van der Waals surface area (Å²) in [5, 5.41) is 8.81. The quantitative estimate of drug-likeness (QED) is 0.717. The zero-order valence-corrected chi connectivity index (χ0v) is 12.2. The molecule has 2 aromatic heterocycles. The number of nitrogens with zero attached hydrogens (tertiary/aromatic N) is 3. The van der Waals surface area contributed by atoms with Crippen molar-refractivity contribution in [3.8, 4) is 17.1 Å². The Kier molecular flexibility index (Phi) is 3.40. The van der Waals surface area contributed by atoms with Gasteiger partial charge in [0.2, 0.25) is 0 Å². The molecule has 0 N–H and O–H groups in total. The third kappa shape index (κ3) is 2.38. The first kappa shape index (κ1) is 13.3. The Bertz CT molecular complexity index is 766. The van der Waals surface area contributed by atoms with Crippen molar-refractivity contribution in [3.63, 3.8) is 0 Å². The summed E-state index contributed by atoms with van der Waals surface area (Å²) >= 11 is 0. The Hall–Kier alpha value is -2.68. The van der Waals surface area contributed by atoms with Crippen LogP contribution in [0.1, 0.15) is 17.0 Å². The van der Waals surface area contributed by atoms with Gasteiger partial charge in [-0.15, -0.1) is 10.2 Å². The van der Waals surface area contributed by atoms with E-state index in [9.17, 15) is 0 Å². The standard InChI is InChI=1S/C18H17N3/c1-4-15-12-17(21-13(2)10-11-14(21)3)19-20-18(15)16-8-6-5-7-9-16/h4-12H,1H2,2-3H3. The lowest BCUT2D eigenvalue weighted by Crippen LogP contribution is -2.04. The van der Waals surface area contributed by atoms with Crippen molar-refractivity contribution in [3.05, 3.63) is 72.1 Å². The van der Waals surface area contributed by atoms with Crippen molar-refractivity contribution in [2.75, 3.05) is 0 Å². The Balaban J connectivity index is 2.15. The lowest BCUT2D eigenvalue weighted by Gasteiger charge is -2.11. The molecule has 0 spiro atoms. The highest BCUT2D eigenvalue weighted by atomic mass is 15.2. The van der Waals surface area contributed by atoms with Crippen molar-refractivity contribution in [1.29, 1.82) is 0 Å². The molecule has 3 rings (SSSR count). The van der Waals surface area contributed by atoms with Gasteiger partial charge in [0.05, 0.1) is 0 Å². The molecule has 0 fully saturated rings. The molecule has 21 heavy (non-hydrogen) atoms. The number of benzene rings is 1. The van der Waals surface area contributed by atoms with Gasteiger partial charge < -0.3 is 4.57 Å². The number of aryl methyl sites for hydroxylation is 2. The molecule has 0 aliphatic carbocycles. The van der Waals surface area contributed by atoms with Crippen LogP contribution < -0.4 is 0 Å². The Morgan fingerprint density at radius 3 is 2.24 bits per heavy atom. The minimum atomic E-state index is 0.824. The fourth-order valence-electron chi connectivity index (χ4n) is 2.51. The Morgan fingerprint density at radius 2 is 1.62 bits per heavy atom. The summed E-state index contributed by atoms with van der Waals surface area (Å²) in [5.41, 5.74) is 5.18. The van der Waals surface area contributed by atoms with Gasteiger partial charge in [-0.3, -0.25) is 0 Å². The molecular formula is C18H17N3. The summed E-state index contributed by atoms with van der Waals surface area (Å²) in [7, 11) is 0. The van der Waals surface area contributed by atoms with Gasteiger partial charge >= 0.3 is 0 Å². The Labute approximate surface area is 124 Å². The van der Waals surface area contributed by atoms with Crippen LogP contribution in [-0.2, 0) is 0 Å². The van der Waals surface area contributed by atoms with E-state index in [0.29, 0.717) is 0 Å². The number of hydrogen-bond acceptors (Lipinski definition) is 2. The van der Waals surface area contributed by atoms with Gasteiger partial charge in [-0.1, -0.05) is 43.0 Å². The lowest BCUT2D eigenvalue weighted by atomic mass is 10.1. The number of hydrogen-bond donors (Lipinski definition) is 0. The monoisotopic (exact) mass is 275 g/mol. The van der Waals surface area contributed by atoms with E-state index in [1.807, 2.05) is 42.5 Å². The highest BCUT2D eigenvalue weighted by Crippen LogP contribution is 2.24. The topological polar surface area (TPSA) is 30.7 Å². The van der Waals surface area contributed by atoms with Crippen LogP contribution in [0.25, 0.3) is 23.2 Å². The molecule has 3 heteroatoms. The minimum Gasteiger partial charge on any atom is -0.302 e. The maximum atomic E-state index is 4.42. The molecule has 0 atom stereocenters. The number of rotatable bonds is 3. The molecule has 0 radical (unpaired) electrons. The molecule has 3 aromatic rings. The molecule has 0 bridgehead atoms. The van der Waals surface area contributed by atoms with Crippen LogP contribution in [-0.4, -0.2) is 14.8 Å². The summed E-state index contributed by atoms with van der Waals surface area (Å²) in [6.07, 6.45) is 1.83. The molecule has 0 saturated carbocycles. The van der Waals surface area contributed by atoms with Gasteiger partial charge in [0, 0.05) is 22.5 Å². The van der Waals surface area contributed by atoms with E-state index in [-0.39, 0.29) is 0 Å². The predicted molar refractivity (Wildman–Crippen MR) is 86.4 cm³/mol. The second kappa shape index (κ2) is 5.37. The first-order valence-corrected chi connectivity index (χ1v) is 6.91. The fourth-order valence-corrected chi connectivity index (χ4v) is 2.51. The maximum Gasteiger partial charge on any atom is 0.160 e. The fraction of sp³-hybridized carbons (Fsp3) is 0.111. The van der Waals surface area contributed by atoms with E-state index in [0.717, 1.165) is 34.0 Å². The highest BCUT2D eigenvalue weighted by molar-refractivity contribution is 5.71. The van der Waals surface area contributed by atoms with Crippen LogP contribution in [0.2, 0.25) is 0 Å². The minimum absolute atomic E-state index is 0.824. The van der Waals surface area contributed by atoms with Gasteiger partial charge in [-0.05, 0) is 32.0 Å². The second-order valence-corrected chi connectivity index (χ2v) is 5.03. The molecule has 104 valence electrons. The van der Waals surface area contributed by atoms with Crippen LogP contribution in [0.15, 0.2) is 55.1 Å². The van der Waals surface area contributed by atoms with Crippen LogP contribution in [0.4, 0.5) is 0 Å². The lowest BCUT2D eigenvalue weighted by molar-refractivity contribution is 0.872. The average Bonchev–Trinajstić information content (AvgIpc) is 2.86. The SMILES string of the molecule is C=Cc1cc(-n2c(C)ccc2C)nnc1-c1ccccc1. The van der Waals surface area contributed by atoms with Gasteiger partial charge in [-0.25, -0.2) is 0 Å². The molecule has 1 aromatic carbocycles. The van der Waals surface area contributed by atoms with Crippen molar-refractivity contribution in [1.82, 2.24) is 14.8 Å². The molecule has 0 unspecified atom stereocenters.